The highest BCUT2D eigenvalue weighted by atomic mass is 14.8. The predicted octanol–water partition coefficient (Wildman–Crippen LogP) is 7.62. The van der Waals surface area contributed by atoms with Crippen molar-refractivity contribution in [3.05, 3.63) is 150 Å². The van der Waals surface area contributed by atoms with Gasteiger partial charge in [0.1, 0.15) is 6.04 Å². The topological polar surface area (TPSA) is 25.2 Å². The van der Waals surface area contributed by atoms with Crippen molar-refractivity contribution in [2.45, 2.75) is 6.04 Å². The summed E-state index contributed by atoms with van der Waals surface area (Å²) in [5.74, 6) is 0. The molecule has 0 radical (unpaired) electrons. The van der Waals surface area contributed by atoms with E-state index in [9.17, 15) is 0 Å². The second kappa shape index (κ2) is 9.88. The van der Waals surface area contributed by atoms with Gasteiger partial charge in [0.25, 0.3) is 0 Å². The van der Waals surface area contributed by atoms with Gasteiger partial charge in [0.2, 0.25) is 0 Å². The standard InChI is InChI=1S/C31H24N2/c1-3-13-24(14-4-1)27-18-7-9-20-29(27)31(33-23-26-17-11-12-22-32-26)30-21-10-8-19-28(30)25-15-5-2-6-16-25/h1-23,31H. The van der Waals surface area contributed by atoms with Gasteiger partial charge in [-0.05, 0) is 45.5 Å². The molecule has 0 bridgehead atoms. The second-order valence-corrected chi connectivity index (χ2v) is 7.84. The number of hydrogen-bond acceptors (Lipinski definition) is 2. The third-order valence-corrected chi connectivity index (χ3v) is 5.72. The van der Waals surface area contributed by atoms with E-state index in [2.05, 4.69) is 102 Å². The Morgan fingerprint density at radius 2 is 1.00 bits per heavy atom. The molecular weight excluding hydrogens is 400 g/mol. The van der Waals surface area contributed by atoms with Crippen LogP contribution in [0.3, 0.4) is 0 Å². The molecule has 1 aromatic heterocycles. The van der Waals surface area contributed by atoms with Gasteiger partial charge >= 0.3 is 0 Å². The SMILES string of the molecule is C(=NC(c1ccccc1-c1ccccc1)c1ccccc1-c1ccccc1)c1ccccn1. The van der Waals surface area contributed by atoms with Gasteiger partial charge in [-0.15, -0.1) is 0 Å². The fourth-order valence-electron chi connectivity index (χ4n) is 4.16. The van der Waals surface area contributed by atoms with Crippen molar-refractivity contribution in [3.8, 4) is 22.3 Å². The van der Waals surface area contributed by atoms with Crippen LogP contribution in [0.5, 0.6) is 0 Å². The van der Waals surface area contributed by atoms with E-state index in [0.717, 1.165) is 5.69 Å². The smallest absolute Gasteiger partial charge is 0.101 e. The van der Waals surface area contributed by atoms with Gasteiger partial charge in [-0.25, -0.2) is 0 Å². The third kappa shape index (κ3) is 4.65. The molecule has 33 heavy (non-hydrogen) atoms. The van der Waals surface area contributed by atoms with Gasteiger partial charge in [-0.2, -0.15) is 0 Å². The van der Waals surface area contributed by atoms with Crippen LogP contribution < -0.4 is 0 Å². The molecule has 5 rings (SSSR count). The number of aliphatic imine (C=N–C) groups is 1. The van der Waals surface area contributed by atoms with Crippen molar-refractivity contribution in [3.63, 3.8) is 0 Å². The minimum Gasteiger partial charge on any atom is -0.278 e. The van der Waals surface area contributed by atoms with Gasteiger partial charge in [0.15, 0.2) is 0 Å². The van der Waals surface area contributed by atoms with Gasteiger partial charge in [-0.3, -0.25) is 9.98 Å². The van der Waals surface area contributed by atoms with E-state index in [-0.39, 0.29) is 6.04 Å². The van der Waals surface area contributed by atoms with Crippen molar-refractivity contribution in [2.75, 3.05) is 0 Å². The molecule has 4 aromatic carbocycles. The molecule has 0 saturated carbocycles. The highest BCUT2D eigenvalue weighted by Gasteiger charge is 2.20. The third-order valence-electron chi connectivity index (χ3n) is 5.72. The normalized spacial score (nSPS) is 11.2. The fourth-order valence-corrected chi connectivity index (χ4v) is 4.16. The van der Waals surface area contributed by atoms with Gasteiger partial charge in [0.05, 0.1) is 5.69 Å². The fraction of sp³-hybridized carbons (Fsp3) is 0.0323. The number of benzene rings is 4. The van der Waals surface area contributed by atoms with E-state index >= 15 is 0 Å². The maximum Gasteiger partial charge on any atom is 0.101 e. The molecule has 158 valence electrons. The van der Waals surface area contributed by atoms with Crippen LogP contribution in [-0.4, -0.2) is 11.2 Å². The van der Waals surface area contributed by atoms with Crippen molar-refractivity contribution in [1.29, 1.82) is 0 Å². The average molecular weight is 425 g/mol. The number of pyridine rings is 1. The van der Waals surface area contributed by atoms with E-state index < -0.39 is 0 Å². The zero-order chi connectivity index (χ0) is 22.3. The molecule has 5 aromatic rings. The Morgan fingerprint density at radius 1 is 0.515 bits per heavy atom. The molecule has 2 heteroatoms. The number of hydrogen-bond donors (Lipinski definition) is 0. The first-order valence-electron chi connectivity index (χ1n) is 11.1. The monoisotopic (exact) mass is 424 g/mol. The Kier molecular flexibility index (Phi) is 6.17. The van der Waals surface area contributed by atoms with Crippen LogP contribution in [-0.2, 0) is 0 Å². The summed E-state index contributed by atoms with van der Waals surface area (Å²) in [6.45, 7) is 0. The molecule has 0 unspecified atom stereocenters. The predicted molar refractivity (Wildman–Crippen MR) is 137 cm³/mol. The Morgan fingerprint density at radius 3 is 1.52 bits per heavy atom. The van der Waals surface area contributed by atoms with Crippen LogP contribution in [0.4, 0.5) is 0 Å². The lowest BCUT2D eigenvalue weighted by atomic mass is 9.87. The van der Waals surface area contributed by atoms with Crippen LogP contribution in [0.1, 0.15) is 22.9 Å². The largest absolute Gasteiger partial charge is 0.278 e. The molecule has 0 N–H and O–H groups in total. The average Bonchev–Trinajstić information content (AvgIpc) is 2.91. The van der Waals surface area contributed by atoms with Crippen LogP contribution in [0.15, 0.2) is 139 Å². The first-order valence-corrected chi connectivity index (χ1v) is 11.1. The number of aromatic nitrogens is 1. The lowest BCUT2D eigenvalue weighted by Crippen LogP contribution is -2.04. The van der Waals surface area contributed by atoms with Crippen molar-refractivity contribution >= 4 is 6.21 Å². The molecule has 0 aliphatic rings. The number of nitrogens with zero attached hydrogens (tertiary/aromatic N) is 2. The van der Waals surface area contributed by atoms with Crippen LogP contribution in [0.2, 0.25) is 0 Å². The maximum atomic E-state index is 5.12. The molecule has 0 saturated heterocycles. The van der Waals surface area contributed by atoms with E-state index in [1.54, 1.807) is 6.20 Å². The summed E-state index contributed by atoms with van der Waals surface area (Å²) in [4.78, 5) is 9.57. The van der Waals surface area contributed by atoms with E-state index in [1.807, 2.05) is 36.5 Å². The highest BCUT2D eigenvalue weighted by Crippen LogP contribution is 2.38. The highest BCUT2D eigenvalue weighted by molar-refractivity contribution is 5.79. The minimum atomic E-state index is -0.181. The molecule has 0 fully saturated rings. The zero-order valence-corrected chi connectivity index (χ0v) is 18.3. The molecule has 2 nitrogen and oxygen atoms in total. The Hall–Kier alpha value is -4.30. The summed E-state index contributed by atoms with van der Waals surface area (Å²) in [7, 11) is 0. The summed E-state index contributed by atoms with van der Waals surface area (Å²) >= 11 is 0. The summed E-state index contributed by atoms with van der Waals surface area (Å²) in [6.07, 6.45) is 3.68. The van der Waals surface area contributed by atoms with E-state index in [0.29, 0.717) is 0 Å². The zero-order valence-electron chi connectivity index (χ0n) is 18.3. The molecule has 0 spiro atoms. The molecular formula is C31H24N2. The Bertz CT molecular complexity index is 1260. The number of rotatable bonds is 6. The first-order chi connectivity index (χ1) is 16.4. The van der Waals surface area contributed by atoms with Crippen molar-refractivity contribution in [1.82, 2.24) is 4.98 Å². The summed E-state index contributed by atoms with van der Waals surface area (Å²) in [5.41, 5.74) is 7.91. The molecule has 0 aliphatic carbocycles. The second-order valence-electron chi connectivity index (χ2n) is 7.84. The maximum absolute atomic E-state index is 5.12. The lowest BCUT2D eigenvalue weighted by molar-refractivity contribution is 0.881. The molecule has 1 heterocycles. The van der Waals surface area contributed by atoms with Crippen molar-refractivity contribution in [2.24, 2.45) is 4.99 Å². The van der Waals surface area contributed by atoms with Gasteiger partial charge in [0, 0.05) is 12.4 Å². The minimum absolute atomic E-state index is 0.181. The van der Waals surface area contributed by atoms with Crippen LogP contribution >= 0.6 is 0 Å². The van der Waals surface area contributed by atoms with Gasteiger partial charge < -0.3 is 0 Å². The Labute approximate surface area is 195 Å². The molecule has 0 amide bonds. The summed E-state index contributed by atoms with van der Waals surface area (Å²) in [6, 6.07) is 43.8. The molecule has 0 atom stereocenters. The quantitative estimate of drug-likeness (QED) is 0.257. The molecule has 0 aliphatic heterocycles. The Balaban J connectivity index is 1.70. The van der Waals surface area contributed by atoms with Crippen molar-refractivity contribution < 1.29 is 0 Å². The first kappa shape index (κ1) is 20.6. The van der Waals surface area contributed by atoms with Gasteiger partial charge in [-0.1, -0.05) is 115 Å². The van der Waals surface area contributed by atoms with Crippen LogP contribution in [0, 0.1) is 0 Å². The van der Waals surface area contributed by atoms with Crippen LogP contribution in [0.25, 0.3) is 22.3 Å². The lowest BCUT2D eigenvalue weighted by Gasteiger charge is -2.21. The van der Waals surface area contributed by atoms with E-state index in [4.69, 9.17) is 4.99 Å². The van der Waals surface area contributed by atoms with E-state index in [1.165, 1.54) is 33.4 Å². The summed E-state index contributed by atoms with van der Waals surface area (Å²) < 4.78 is 0. The summed E-state index contributed by atoms with van der Waals surface area (Å²) in [5, 5.41) is 0.